The van der Waals surface area contributed by atoms with Gasteiger partial charge >= 0.3 is 5.51 Å². The Labute approximate surface area is 105 Å². The molecule has 3 N–H and O–H groups in total. The molecule has 1 aromatic rings. The molecule has 0 saturated heterocycles. The number of nitrogens with one attached hydrogen (secondary N) is 1. The molecular formula is C10H9F3N2O2S. The highest BCUT2D eigenvalue weighted by molar-refractivity contribution is 8.00. The fourth-order valence-corrected chi connectivity index (χ4v) is 1.43. The minimum atomic E-state index is -4.44. The molecule has 0 aliphatic rings. The van der Waals surface area contributed by atoms with Gasteiger partial charge in [0, 0.05) is 11.3 Å². The maximum absolute atomic E-state index is 11.8. The molecule has 4 nitrogen and oxygen atoms in total. The molecule has 8 heteroatoms. The lowest BCUT2D eigenvalue weighted by Crippen LogP contribution is -2.17. The van der Waals surface area contributed by atoms with Crippen LogP contribution in [0.3, 0.4) is 0 Å². The first-order chi connectivity index (χ1) is 8.28. The van der Waals surface area contributed by atoms with Crippen molar-refractivity contribution >= 4 is 29.3 Å². The van der Waals surface area contributed by atoms with Crippen LogP contribution in [0.25, 0.3) is 0 Å². The Bertz CT molecular complexity index is 445. The summed E-state index contributed by atoms with van der Waals surface area (Å²) in [6, 6.07) is 5.51. The van der Waals surface area contributed by atoms with E-state index < -0.39 is 34.8 Å². The first-order valence-electron chi connectivity index (χ1n) is 4.68. The molecule has 0 atom stereocenters. The van der Waals surface area contributed by atoms with Crippen LogP contribution in [0.4, 0.5) is 18.9 Å². The van der Waals surface area contributed by atoms with Crippen molar-refractivity contribution in [1.29, 1.82) is 0 Å². The van der Waals surface area contributed by atoms with Crippen LogP contribution in [0.15, 0.2) is 24.3 Å². The molecule has 0 aromatic heterocycles. The van der Waals surface area contributed by atoms with Gasteiger partial charge in [-0.1, -0.05) is 0 Å². The van der Waals surface area contributed by atoms with Gasteiger partial charge in [0.25, 0.3) is 0 Å². The molecule has 1 aromatic carbocycles. The van der Waals surface area contributed by atoms with Crippen molar-refractivity contribution in [3.8, 4) is 0 Å². The zero-order chi connectivity index (χ0) is 13.8. The van der Waals surface area contributed by atoms with Gasteiger partial charge in [-0.05, 0) is 36.0 Å². The summed E-state index contributed by atoms with van der Waals surface area (Å²) in [5.74, 6) is -2.12. The van der Waals surface area contributed by atoms with E-state index in [1.54, 1.807) is 0 Å². The summed E-state index contributed by atoms with van der Waals surface area (Å²) in [7, 11) is 0. The van der Waals surface area contributed by atoms with Crippen LogP contribution in [0, 0.1) is 0 Å². The van der Waals surface area contributed by atoms with Crippen molar-refractivity contribution in [3.63, 3.8) is 0 Å². The predicted molar refractivity (Wildman–Crippen MR) is 62.1 cm³/mol. The smallest absolute Gasteiger partial charge is 0.366 e. The summed E-state index contributed by atoms with van der Waals surface area (Å²) in [5.41, 5.74) is 1.12. The van der Waals surface area contributed by atoms with E-state index in [2.05, 4.69) is 5.32 Å². The van der Waals surface area contributed by atoms with Crippen LogP contribution in [0.2, 0.25) is 0 Å². The molecule has 0 aliphatic carbocycles. The van der Waals surface area contributed by atoms with Gasteiger partial charge < -0.3 is 11.1 Å². The third kappa shape index (κ3) is 5.09. The highest BCUT2D eigenvalue weighted by atomic mass is 32.2. The van der Waals surface area contributed by atoms with Gasteiger partial charge in [0.1, 0.15) is 0 Å². The van der Waals surface area contributed by atoms with Gasteiger partial charge in [0.05, 0.1) is 5.75 Å². The monoisotopic (exact) mass is 278 g/mol. The Morgan fingerprint density at radius 1 is 1.22 bits per heavy atom. The molecule has 18 heavy (non-hydrogen) atoms. The van der Waals surface area contributed by atoms with Crippen molar-refractivity contribution < 1.29 is 22.8 Å². The predicted octanol–water partition coefficient (Wildman–Crippen LogP) is 1.98. The molecule has 1 rings (SSSR count). The van der Waals surface area contributed by atoms with Crippen LogP contribution in [-0.4, -0.2) is 23.1 Å². The highest BCUT2D eigenvalue weighted by Gasteiger charge is 2.29. The van der Waals surface area contributed by atoms with Crippen LogP contribution in [0.1, 0.15) is 10.4 Å². The summed E-state index contributed by atoms with van der Waals surface area (Å²) in [6.07, 6.45) is 0. The van der Waals surface area contributed by atoms with E-state index in [-0.39, 0.29) is 5.56 Å². The van der Waals surface area contributed by atoms with Crippen molar-refractivity contribution in [2.75, 3.05) is 11.1 Å². The largest absolute Gasteiger partial charge is 0.442 e. The lowest BCUT2D eigenvalue weighted by molar-refractivity contribution is -0.114. The molecule has 2 amide bonds. The third-order valence-corrected chi connectivity index (χ3v) is 2.55. The Hall–Kier alpha value is -1.70. The standard InChI is InChI=1S/C10H9F3N2O2S/c11-10(12,13)18-5-8(16)15-7-3-1-6(2-4-7)9(14)17/h1-4H,5H2,(H2,14,17)(H,15,16). The van der Waals surface area contributed by atoms with Gasteiger partial charge in [0.15, 0.2) is 0 Å². The lowest BCUT2D eigenvalue weighted by atomic mass is 10.2. The normalized spacial score (nSPS) is 11.1. The molecular weight excluding hydrogens is 269 g/mol. The van der Waals surface area contributed by atoms with Crippen molar-refractivity contribution in [2.45, 2.75) is 5.51 Å². The molecule has 0 bridgehead atoms. The molecule has 0 spiro atoms. The van der Waals surface area contributed by atoms with Crippen LogP contribution < -0.4 is 11.1 Å². The molecule has 0 aliphatic heterocycles. The minimum absolute atomic E-state index is 0.248. The fraction of sp³-hybridized carbons (Fsp3) is 0.200. The quantitative estimate of drug-likeness (QED) is 0.884. The number of hydrogen-bond donors (Lipinski definition) is 2. The number of alkyl halides is 3. The maximum Gasteiger partial charge on any atom is 0.442 e. The average molecular weight is 278 g/mol. The summed E-state index contributed by atoms with van der Waals surface area (Å²) < 4.78 is 35.5. The molecule has 0 saturated carbocycles. The molecule has 0 radical (unpaired) electrons. The van der Waals surface area contributed by atoms with E-state index in [1.807, 2.05) is 0 Å². The zero-order valence-electron chi connectivity index (χ0n) is 8.95. The Morgan fingerprint density at radius 3 is 2.22 bits per heavy atom. The SMILES string of the molecule is NC(=O)c1ccc(NC(=O)CSC(F)(F)F)cc1. The second-order valence-electron chi connectivity index (χ2n) is 3.22. The number of anilines is 1. The van der Waals surface area contributed by atoms with Gasteiger partial charge in [-0.15, -0.1) is 0 Å². The number of halogens is 3. The topological polar surface area (TPSA) is 72.2 Å². The fourth-order valence-electron chi connectivity index (χ4n) is 1.06. The Kier molecular flexibility index (Phi) is 4.60. The first-order valence-corrected chi connectivity index (χ1v) is 5.67. The van der Waals surface area contributed by atoms with Crippen molar-refractivity contribution in [1.82, 2.24) is 0 Å². The van der Waals surface area contributed by atoms with Crippen LogP contribution >= 0.6 is 11.8 Å². The van der Waals surface area contributed by atoms with Crippen molar-refractivity contribution in [3.05, 3.63) is 29.8 Å². The summed E-state index contributed by atoms with van der Waals surface area (Å²) >= 11 is -0.417. The second-order valence-corrected chi connectivity index (χ2v) is 4.26. The first kappa shape index (κ1) is 14.4. The number of thioether (sulfide) groups is 1. The number of rotatable bonds is 4. The summed E-state index contributed by atoms with van der Waals surface area (Å²) in [4.78, 5) is 21.9. The van der Waals surface area contributed by atoms with E-state index in [9.17, 15) is 22.8 Å². The highest BCUT2D eigenvalue weighted by Crippen LogP contribution is 2.29. The number of amides is 2. The molecule has 98 valence electrons. The average Bonchev–Trinajstić information content (AvgIpc) is 2.26. The second kappa shape index (κ2) is 5.76. The number of nitrogens with two attached hydrogens (primary N) is 1. The number of benzene rings is 1. The van der Waals surface area contributed by atoms with E-state index in [4.69, 9.17) is 5.73 Å². The molecule has 0 heterocycles. The third-order valence-electron chi connectivity index (χ3n) is 1.82. The molecule has 0 unspecified atom stereocenters. The van der Waals surface area contributed by atoms with Gasteiger partial charge in [0.2, 0.25) is 11.8 Å². The Morgan fingerprint density at radius 2 is 1.78 bits per heavy atom. The van der Waals surface area contributed by atoms with Gasteiger partial charge in [-0.3, -0.25) is 9.59 Å². The number of hydrogen-bond acceptors (Lipinski definition) is 3. The van der Waals surface area contributed by atoms with E-state index in [0.717, 1.165) is 0 Å². The summed E-state index contributed by atoms with van der Waals surface area (Å²) in [6.45, 7) is 0. The van der Waals surface area contributed by atoms with Gasteiger partial charge in [-0.25, -0.2) is 0 Å². The lowest BCUT2D eigenvalue weighted by Gasteiger charge is -2.07. The van der Waals surface area contributed by atoms with Crippen LogP contribution in [-0.2, 0) is 4.79 Å². The number of primary amides is 1. The van der Waals surface area contributed by atoms with E-state index >= 15 is 0 Å². The van der Waals surface area contributed by atoms with Crippen LogP contribution in [0.5, 0.6) is 0 Å². The maximum atomic E-state index is 11.8. The Balaban J connectivity index is 2.52. The number of carbonyl (C=O) groups is 2. The van der Waals surface area contributed by atoms with Gasteiger partial charge in [-0.2, -0.15) is 13.2 Å². The van der Waals surface area contributed by atoms with E-state index in [0.29, 0.717) is 5.69 Å². The summed E-state index contributed by atoms with van der Waals surface area (Å²) in [5, 5.41) is 2.27. The minimum Gasteiger partial charge on any atom is -0.366 e. The van der Waals surface area contributed by atoms with Crippen molar-refractivity contribution in [2.24, 2.45) is 5.73 Å². The number of carbonyl (C=O) groups excluding carboxylic acids is 2. The zero-order valence-corrected chi connectivity index (χ0v) is 9.77. The van der Waals surface area contributed by atoms with E-state index in [1.165, 1.54) is 24.3 Å². The molecule has 0 fully saturated rings.